The topological polar surface area (TPSA) is 77.0 Å². The Morgan fingerprint density at radius 3 is 2.04 bits per heavy atom. The lowest BCUT2D eigenvalue weighted by molar-refractivity contribution is 0.298. The third-order valence-corrected chi connectivity index (χ3v) is 4.36. The molecule has 0 aliphatic carbocycles. The molecule has 0 saturated heterocycles. The van der Waals surface area contributed by atoms with Crippen LogP contribution in [0.1, 0.15) is 23.7 Å². The average molecular weight is 322 g/mol. The van der Waals surface area contributed by atoms with E-state index in [1.54, 1.807) is 0 Å². The normalized spacial score (nSPS) is 13.0. The van der Waals surface area contributed by atoms with Gasteiger partial charge in [-0.3, -0.25) is 0 Å². The van der Waals surface area contributed by atoms with E-state index in [2.05, 4.69) is 34.6 Å². The van der Waals surface area contributed by atoms with Crippen molar-refractivity contribution in [2.45, 2.75) is 24.9 Å². The summed E-state index contributed by atoms with van der Waals surface area (Å²) in [4.78, 5) is 0. The van der Waals surface area contributed by atoms with Gasteiger partial charge in [-0.15, -0.1) is 5.10 Å². The number of hydrogen-bond acceptors (Lipinski definition) is 4. The number of hydrogen-bond donors (Lipinski definition) is 2. The van der Waals surface area contributed by atoms with Crippen LogP contribution < -0.4 is 5.73 Å². The number of benzene rings is 2. The molecule has 24 heavy (non-hydrogen) atoms. The zero-order valence-electron chi connectivity index (χ0n) is 13.7. The minimum atomic E-state index is -0.663. The van der Waals surface area contributed by atoms with E-state index in [0.717, 1.165) is 16.8 Å². The highest BCUT2D eigenvalue weighted by molar-refractivity contribution is 5.41. The van der Waals surface area contributed by atoms with Gasteiger partial charge in [0.25, 0.3) is 0 Å². The van der Waals surface area contributed by atoms with Gasteiger partial charge in [-0.05, 0) is 18.1 Å². The summed E-state index contributed by atoms with van der Waals surface area (Å²) in [6.07, 6.45) is 2.35. The van der Waals surface area contributed by atoms with Gasteiger partial charge in [-0.25, -0.2) is 4.68 Å². The molecule has 5 heteroatoms. The van der Waals surface area contributed by atoms with Gasteiger partial charge >= 0.3 is 0 Å². The SMILES string of the molecule is C[C@H](N)C(c1ccccc1)(c1ccccc1)n1cc(CCO)nn1. The molecule has 124 valence electrons. The fraction of sp³-hybridized carbons (Fsp3) is 0.263. The van der Waals surface area contributed by atoms with E-state index >= 15 is 0 Å². The van der Waals surface area contributed by atoms with Crippen LogP contribution in [0, 0.1) is 0 Å². The second-order valence-corrected chi connectivity index (χ2v) is 5.92. The molecule has 0 spiro atoms. The summed E-state index contributed by atoms with van der Waals surface area (Å²) in [5.41, 5.74) is 8.69. The first-order chi connectivity index (χ1) is 11.7. The van der Waals surface area contributed by atoms with Crippen LogP contribution in [0.3, 0.4) is 0 Å². The average Bonchev–Trinajstić information content (AvgIpc) is 3.06. The lowest BCUT2D eigenvalue weighted by atomic mass is 9.77. The number of aliphatic hydroxyl groups is 1. The standard InChI is InChI=1S/C19H22N4O/c1-15(20)19(16-8-4-2-5-9-16,17-10-6-3-7-11-17)23-14-18(12-13-24)21-22-23/h2-11,14-15,24H,12-13,20H2,1H3/t15-/m0/s1. The Morgan fingerprint density at radius 1 is 1.04 bits per heavy atom. The molecule has 1 aromatic heterocycles. The summed E-state index contributed by atoms with van der Waals surface area (Å²) in [5.74, 6) is 0. The molecule has 1 atom stereocenters. The monoisotopic (exact) mass is 322 g/mol. The van der Waals surface area contributed by atoms with Gasteiger partial charge in [0.1, 0.15) is 5.54 Å². The summed E-state index contributed by atoms with van der Waals surface area (Å²) >= 11 is 0. The zero-order chi connectivity index (χ0) is 17.0. The number of aliphatic hydroxyl groups excluding tert-OH is 1. The molecular formula is C19H22N4O. The van der Waals surface area contributed by atoms with Gasteiger partial charge in [-0.2, -0.15) is 0 Å². The van der Waals surface area contributed by atoms with Gasteiger partial charge in [-0.1, -0.05) is 65.9 Å². The molecule has 0 aliphatic rings. The Bertz CT molecular complexity index is 729. The van der Waals surface area contributed by atoms with Crippen LogP contribution in [0.2, 0.25) is 0 Å². The van der Waals surface area contributed by atoms with Crippen LogP contribution in [-0.2, 0) is 12.0 Å². The third kappa shape index (κ3) is 2.72. The minimum absolute atomic E-state index is 0.0422. The third-order valence-electron chi connectivity index (χ3n) is 4.36. The maximum atomic E-state index is 9.17. The number of nitrogens with two attached hydrogens (primary N) is 1. The summed E-state index contributed by atoms with van der Waals surface area (Å²) in [7, 11) is 0. The van der Waals surface area contributed by atoms with Gasteiger partial charge in [0, 0.05) is 19.1 Å². The van der Waals surface area contributed by atoms with Gasteiger partial charge < -0.3 is 10.8 Å². The minimum Gasteiger partial charge on any atom is -0.396 e. The molecular weight excluding hydrogens is 300 g/mol. The molecule has 2 aromatic carbocycles. The highest BCUT2D eigenvalue weighted by Gasteiger charge is 2.41. The van der Waals surface area contributed by atoms with Crippen LogP contribution in [0.15, 0.2) is 66.9 Å². The van der Waals surface area contributed by atoms with Crippen molar-refractivity contribution in [3.05, 3.63) is 83.7 Å². The quantitative estimate of drug-likeness (QED) is 0.727. The van der Waals surface area contributed by atoms with E-state index in [1.807, 2.05) is 54.2 Å². The molecule has 0 fully saturated rings. The van der Waals surface area contributed by atoms with Gasteiger partial charge in [0.05, 0.1) is 11.9 Å². The molecule has 0 unspecified atom stereocenters. The second kappa shape index (κ2) is 6.95. The van der Waals surface area contributed by atoms with Crippen molar-refractivity contribution in [3.63, 3.8) is 0 Å². The van der Waals surface area contributed by atoms with Crippen LogP contribution in [0.25, 0.3) is 0 Å². The van der Waals surface area contributed by atoms with Crippen molar-refractivity contribution in [1.82, 2.24) is 15.0 Å². The van der Waals surface area contributed by atoms with E-state index in [-0.39, 0.29) is 12.6 Å². The van der Waals surface area contributed by atoms with Crippen LogP contribution >= 0.6 is 0 Å². The molecule has 0 radical (unpaired) electrons. The van der Waals surface area contributed by atoms with Crippen molar-refractivity contribution >= 4 is 0 Å². The molecule has 0 bridgehead atoms. The number of rotatable bonds is 6. The molecule has 3 aromatic rings. The molecule has 0 amide bonds. The molecule has 3 N–H and O–H groups in total. The van der Waals surface area contributed by atoms with E-state index in [4.69, 9.17) is 5.73 Å². The molecule has 0 aliphatic heterocycles. The lowest BCUT2D eigenvalue weighted by Gasteiger charge is -2.38. The maximum absolute atomic E-state index is 9.17. The van der Waals surface area contributed by atoms with Crippen molar-refractivity contribution in [2.75, 3.05) is 6.61 Å². The first-order valence-corrected chi connectivity index (χ1v) is 8.08. The van der Waals surface area contributed by atoms with Crippen molar-refractivity contribution in [1.29, 1.82) is 0 Å². The highest BCUT2D eigenvalue weighted by atomic mass is 16.3. The predicted molar refractivity (Wildman–Crippen MR) is 93.5 cm³/mol. The van der Waals surface area contributed by atoms with Gasteiger partial charge in [0.2, 0.25) is 0 Å². The Morgan fingerprint density at radius 2 is 1.58 bits per heavy atom. The van der Waals surface area contributed by atoms with Crippen LogP contribution in [0.5, 0.6) is 0 Å². The predicted octanol–water partition coefficient (Wildman–Crippen LogP) is 1.95. The van der Waals surface area contributed by atoms with E-state index in [9.17, 15) is 5.11 Å². The summed E-state index contributed by atoms with van der Waals surface area (Å²) in [6.45, 7) is 2.02. The molecule has 1 heterocycles. The lowest BCUT2D eigenvalue weighted by Crippen LogP contribution is -2.50. The van der Waals surface area contributed by atoms with E-state index < -0.39 is 5.54 Å². The molecule has 0 saturated carbocycles. The first-order valence-electron chi connectivity index (χ1n) is 8.08. The fourth-order valence-electron chi connectivity index (χ4n) is 3.25. The Hall–Kier alpha value is -2.50. The van der Waals surface area contributed by atoms with Crippen LogP contribution in [0.4, 0.5) is 0 Å². The van der Waals surface area contributed by atoms with Gasteiger partial charge in [0.15, 0.2) is 0 Å². The van der Waals surface area contributed by atoms with Crippen molar-refractivity contribution in [3.8, 4) is 0 Å². The summed E-state index contributed by atoms with van der Waals surface area (Å²) < 4.78 is 1.83. The number of nitrogens with zero attached hydrogens (tertiary/aromatic N) is 3. The number of aromatic nitrogens is 3. The zero-order valence-corrected chi connectivity index (χ0v) is 13.7. The largest absolute Gasteiger partial charge is 0.396 e. The van der Waals surface area contributed by atoms with Crippen molar-refractivity contribution in [2.24, 2.45) is 5.73 Å². The summed E-state index contributed by atoms with van der Waals surface area (Å²) in [6, 6.07) is 20.0. The second-order valence-electron chi connectivity index (χ2n) is 5.92. The molecule has 3 rings (SSSR count). The Balaban J connectivity index is 2.26. The molecule has 5 nitrogen and oxygen atoms in total. The summed E-state index contributed by atoms with van der Waals surface area (Å²) in [5, 5.41) is 17.7. The van der Waals surface area contributed by atoms with Crippen LogP contribution in [-0.4, -0.2) is 32.7 Å². The van der Waals surface area contributed by atoms with E-state index in [0.29, 0.717) is 6.42 Å². The Labute approximate surface area is 141 Å². The first kappa shape index (κ1) is 16.4. The van der Waals surface area contributed by atoms with E-state index in [1.165, 1.54) is 0 Å². The Kier molecular flexibility index (Phi) is 4.74. The fourth-order valence-corrected chi connectivity index (χ4v) is 3.25. The maximum Gasteiger partial charge on any atom is 0.129 e. The van der Waals surface area contributed by atoms with Crippen molar-refractivity contribution < 1.29 is 5.11 Å². The highest BCUT2D eigenvalue weighted by Crippen LogP contribution is 2.36. The smallest absolute Gasteiger partial charge is 0.129 e.